The van der Waals surface area contributed by atoms with Crippen LogP contribution in [0.1, 0.15) is 64.0 Å². The minimum Gasteiger partial charge on any atom is -0.497 e. The Labute approximate surface area is 152 Å². The number of fused-ring (bicyclic) bond motifs is 5. The van der Waals surface area contributed by atoms with Gasteiger partial charge in [0.15, 0.2) is 0 Å². The summed E-state index contributed by atoms with van der Waals surface area (Å²) in [6.45, 7) is 7.46. The number of aryl methyl sites for hydroxylation is 1. The molecule has 1 aromatic rings. The molecule has 0 aromatic heterocycles. The minimum atomic E-state index is 0.216. The van der Waals surface area contributed by atoms with Crippen molar-refractivity contribution >= 4 is 0 Å². The number of ether oxygens (including phenoxy) is 2. The van der Waals surface area contributed by atoms with Crippen LogP contribution in [0.2, 0.25) is 0 Å². The lowest BCUT2D eigenvalue weighted by Crippen LogP contribution is -2.54. The third kappa shape index (κ3) is 2.29. The fourth-order valence-corrected chi connectivity index (χ4v) is 6.78. The van der Waals surface area contributed by atoms with Gasteiger partial charge in [0, 0.05) is 11.6 Å². The lowest BCUT2D eigenvalue weighted by Gasteiger charge is -2.60. The van der Waals surface area contributed by atoms with Gasteiger partial charge in [0.05, 0.1) is 14.2 Å². The molecule has 3 aliphatic carbocycles. The van der Waals surface area contributed by atoms with E-state index in [1.54, 1.807) is 12.7 Å². The van der Waals surface area contributed by atoms with Crippen molar-refractivity contribution in [3.63, 3.8) is 0 Å². The van der Waals surface area contributed by atoms with E-state index >= 15 is 0 Å². The van der Waals surface area contributed by atoms with Gasteiger partial charge < -0.3 is 9.47 Å². The van der Waals surface area contributed by atoms with Crippen LogP contribution >= 0.6 is 0 Å². The van der Waals surface area contributed by atoms with Crippen LogP contribution in [0.15, 0.2) is 23.8 Å². The number of methoxy groups -OCH3 is 2. The largest absolute Gasteiger partial charge is 0.497 e. The van der Waals surface area contributed by atoms with Gasteiger partial charge in [0.2, 0.25) is 0 Å². The Hall–Kier alpha value is -1.44. The fraction of sp³-hybridized carbons (Fsp3) is 0.652. The van der Waals surface area contributed by atoms with Crippen LogP contribution in [0.5, 0.6) is 11.5 Å². The predicted octanol–water partition coefficient (Wildman–Crippen LogP) is 5.68. The Morgan fingerprint density at radius 3 is 2.56 bits per heavy atom. The highest BCUT2D eigenvalue weighted by Gasteiger charge is 2.57. The average molecular weight is 341 g/mol. The van der Waals surface area contributed by atoms with Crippen molar-refractivity contribution in [3.8, 4) is 11.5 Å². The Bertz CT molecular complexity index is 702. The van der Waals surface area contributed by atoms with Gasteiger partial charge in [-0.2, -0.15) is 0 Å². The van der Waals surface area contributed by atoms with Crippen molar-refractivity contribution in [1.82, 2.24) is 0 Å². The van der Waals surface area contributed by atoms with Gasteiger partial charge in [-0.3, -0.25) is 0 Å². The van der Waals surface area contributed by atoms with E-state index in [1.807, 2.05) is 7.11 Å². The van der Waals surface area contributed by atoms with E-state index in [0.29, 0.717) is 5.41 Å². The summed E-state index contributed by atoms with van der Waals surface area (Å²) in [7, 11) is 3.56. The minimum absolute atomic E-state index is 0.216. The van der Waals surface area contributed by atoms with Crippen molar-refractivity contribution in [2.45, 2.75) is 64.7 Å². The predicted molar refractivity (Wildman–Crippen MR) is 103 cm³/mol. The quantitative estimate of drug-likeness (QED) is 0.645. The molecule has 136 valence electrons. The van der Waals surface area contributed by atoms with E-state index in [-0.39, 0.29) is 5.41 Å². The molecule has 25 heavy (non-hydrogen) atoms. The van der Waals surface area contributed by atoms with E-state index in [1.165, 1.54) is 43.2 Å². The lowest BCUT2D eigenvalue weighted by molar-refractivity contribution is -0.0249. The highest BCUT2D eigenvalue weighted by molar-refractivity contribution is 5.53. The van der Waals surface area contributed by atoms with Gasteiger partial charge in [0.25, 0.3) is 0 Å². The van der Waals surface area contributed by atoms with Crippen LogP contribution in [-0.2, 0) is 11.8 Å². The smallest absolute Gasteiger partial charge is 0.126 e. The van der Waals surface area contributed by atoms with E-state index in [2.05, 4.69) is 39.0 Å². The Kier molecular flexibility index (Phi) is 3.94. The van der Waals surface area contributed by atoms with Gasteiger partial charge in [-0.15, -0.1) is 0 Å². The maximum Gasteiger partial charge on any atom is 0.126 e. The van der Waals surface area contributed by atoms with Crippen molar-refractivity contribution in [3.05, 3.63) is 34.9 Å². The van der Waals surface area contributed by atoms with E-state index in [4.69, 9.17) is 9.47 Å². The molecule has 0 unspecified atom stereocenters. The maximum atomic E-state index is 5.87. The molecule has 4 rings (SSSR count). The highest BCUT2D eigenvalue weighted by Crippen LogP contribution is 2.64. The number of rotatable bonds is 2. The molecule has 0 bridgehead atoms. The zero-order chi connectivity index (χ0) is 17.8. The van der Waals surface area contributed by atoms with Crippen LogP contribution in [0, 0.1) is 17.3 Å². The lowest BCUT2D eigenvalue weighted by atomic mass is 9.44. The van der Waals surface area contributed by atoms with Crippen LogP contribution in [0.4, 0.5) is 0 Å². The average Bonchev–Trinajstić information content (AvgIpc) is 2.60. The van der Waals surface area contributed by atoms with Crippen LogP contribution in [-0.4, -0.2) is 14.2 Å². The molecule has 1 fully saturated rings. The first kappa shape index (κ1) is 17.0. The molecule has 1 aromatic carbocycles. The molecule has 1 saturated carbocycles. The summed E-state index contributed by atoms with van der Waals surface area (Å²) in [5.41, 5.74) is 5.20. The summed E-state index contributed by atoms with van der Waals surface area (Å²) in [6, 6.07) is 4.34. The van der Waals surface area contributed by atoms with Crippen molar-refractivity contribution < 1.29 is 9.47 Å². The first-order valence-corrected chi connectivity index (χ1v) is 9.86. The summed E-state index contributed by atoms with van der Waals surface area (Å²) in [5, 5.41) is 0. The van der Waals surface area contributed by atoms with Crippen LogP contribution < -0.4 is 9.47 Å². The summed E-state index contributed by atoms with van der Waals surface area (Å²) in [5.74, 6) is 3.46. The number of benzene rings is 1. The molecule has 3 aliphatic rings. The summed E-state index contributed by atoms with van der Waals surface area (Å²) in [6.07, 6.45) is 10.1. The summed E-state index contributed by atoms with van der Waals surface area (Å²) >= 11 is 0. The molecule has 0 amide bonds. The monoisotopic (exact) mass is 340 g/mol. The standard InChI is InChI=1S/C23H32O2/c1-15-7-6-11-22(2)18(15)10-12-23(3)20(22)9-8-16-13-17(24-4)14-19(25-5)21(16)23/h7,13-14,18,20H,6,8-12H2,1-5H3/t18-,20+,22-,23+/m0/s1. The van der Waals surface area contributed by atoms with Crippen molar-refractivity contribution in [1.29, 1.82) is 0 Å². The number of hydrogen-bond donors (Lipinski definition) is 0. The third-order valence-electron chi connectivity index (χ3n) is 7.90. The molecule has 0 heterocycles. The zero-order valence-electron chi connectivity index (χ0n) is 16.4. The molecule has 0 spiro atoms. The highest BCUT2D eigenvalue weighted by atomic mass is 16.5. The van der Waals surface area contributed by atoms with Gasteiger partial charge in [-0.25, -0.2) is 0 Å². The van der Waals surface area contributed by atoms with E-state index in [9.17, 15) is 0 Å². The zero-order valence-corrected chi connectivity index (χ0v) is 16.4. The molecule has 0 aliphatic heterocycles. The summed E-state index contributed by atoms with van der Waals surface area (Å²) < 4.78 is 11.4. The first-order valence-electron chi connectivity index (χ1n) is 9.86. The van der Waals surface area contributed by atoms with E-state index < -0.39 is 0 Å². The molecule has 0 N–H and O–H groups in total. The second kappa shape index (κ2) is 5.79. The Balaban J connectivity index is 1.85. The van der Waals surface area contributed by atoms with E-state index in [0.717, 1.165) is 29.8 Å². The third-order valence-corrected chi connectivity index (χ3v) is 7.90. The Morgan fingerprint density at radius 1 is 1.04 bits per heavy atom. The number of allylic oxidation sites excluding steroid dienone is 2. The molecule has 4 atom stereocenters. The van der Waals surface area contributed by atoms with Gasteiger partial charge in [0.1, 0.15) is 11.5 Å². The molecule has 2 heteroatoms. The molecule has 2 nitrogen and oxygen atoms in total. The molecule has 0 radical (unpaired) electrons. The van der Waals surface area contributed by atoms with Crippen LogP contribution in [0.3, 0.4) is 0 Å². The SMILES string of the molecule is COc1cc2c(c(OC)c1)[C@]1(C)CC[C@H]3C(C)=CCC[C@]3(C)[C@H]1CC2. The summed E-state index contributed by atoms with van der Waals surface area (Å²) in [4.78, 5) is 0. The Morgan fingerprint density at radius 2 is 1.84 bits per heavy atom. The van der Waals surface area contributed by atoms with Gasteiger partial charge >= 0.3 is 0 Å². The van der Waals surface area contributed by atoms with Gasteiger partial charge in [-0.1, -0.05) is 25.5 Å². The van der Waals surface area contributed by atoms with Crippen molar-refractivity contribution in [2.75, 3.05) is 14.2 Å². The fourth-order valence-electron chi connectivity index (χ4n) is 6.78. The molecular formula is C23H32O2. The normalized spacial score (nSPS) is 36.6. The number of hydrogen-bond acceptors (Lipinski definition) is 2. The molecule has 0 saturated heterocycles. The second-order valence-corrected chi connectivity index (χ2v) is 8.96. The maximum absolute atomic E-state index is 5.87. The van der Waals surface area contributed by atoms with Crippen molar-refractivity contribution in [2.24, 2.45) is 17.3 Å². The topological polar surface area (TPSA) is 18.5 Å². The van der Waals surface area contributed by atoms with Crippen LogP contribution in [0.25, 0.3) is 0 Å². The molecular weight excluding hydrogens is 308 g/mol. The second-order valence-electron chi connectivity index (χ2n) is 8.96. The van der Waals surface area contributed by atoms with Gasteiger partial charge in [-0.05, 0) is 79.7 Å². The first-order chi connectivity index (χ1) is 11.9.